The molecule has 1 aromatic carbocycles. The quantitative estimate of drug-likeness (QED) is 0.910. The Morgan fingerprint density at radius 1 is 1.20 bits per heavy atom. The van der Waals surface area contributed by atoms with Crippen molar-refractivity contribution in [3.05, 3.63) is 23.9 Å². The first-order valence-electron chi connectivity index (χ1n) is 5.51. The molecule has 0 radical (unpaired) electrons. The van der Waals surface area contributed by atoms with Gasteiger partial charge in [0.25, 0.3) is 0 Å². The Morgan fingerprint density at radius 2 is 1.90 bits per heavy atom. The Kier molecular flexibility index (Phi) is 3.47. The van der Waals surface area contributed by atoms with Gasteiger partial charge in [0.2, 0.25) is 0 Å². The second-order valence-corrected chi connectivity index (χ2v) is 3.95. The van der Waals surface area contributed by atoms with Gasteiger partial charge in [-0.2, -0.15) is 18.3 Å². The highest BCUT2D eigenvalue weighted by molar-refractivity contribution is 5.76. The van der Waals surface area contributed by atoms with E-state index >= 15 is 0 Å². The molecule has 0 unspecified atom stereocenters. The number of alkyl halides is 3. The number of rotatable bonds is 3. The Morgan fingerprint density at radius 3 is 2.35 bits per heavy atom. The summed E-state index contributed by atoms with van der Waals surface area (Å²) in [6, 6.07) is 2.36. The van der Waals surface area contributed by atoms with Crippen LogP contribution < -0.4 is 15.2 Å². The minimum absolute atomic E-state index is 0.0297. The van der Waals surface area contributed by atoms with Gasteiger partial charge < -0.3 is 15.2 Å². The topological polar surface area (TPSA) is 73.2 Å². The van der Waals surface area contributed by atoms with Gasteiger partial charge in [0.05, 0.1) is 20.4 Å². The zero-order valence-corrected chi connectivity index (χ0v) is 10.7. The number of methoxy groups -OCH3 is 2. The van der Waals surface area contributed by atoms with E-state index < -0.39 is 11.7 Å². The van der Waals surface area contributed by atoms with Gasteiger partial charge in [0.15, 0.2) is 11.5 Å². The number of hydrogen-bond donors (Lipinski definition) is 2. The van der Waals surface area contributed by atoms with Crippen molar-refractivity contribution in [1.82, 2.24) is 10.2 Å². The van der Waals surface area contributed by atoms with Crippen LogP contribution >= 0.6 is 0 Å². The normalized spacial score (nSPS) is 11.4. The second kappa shape index (κ2) is 4.95. The van der Waals surface area contributed by atoms with E-state index in [1.807, 2.05) is 0 Å². The Labute approximate surface area is 112 Å². The standard InChI is InChI=1S/C12H12F3N3O2/c1-19-9-4-6(7-5-17-18-11(7)16)3-8(10(9)20-2)12(13,14)15/h3-5H,1-2H3,(H3,16,17,18). The van der Waals surface area contributed by atoms with E-state index in [0.717, 1.165) is 13.2 Å². The van der Waals surface area contributed by atoms with E-state index in [0.29, 0.717) is 5.56 Å². The molecule has 2 rings (SSSR count). The van der Waals surface area contributed by atoms with E-state index in [9.17, 15) is 13.2 Å². The number of aromatic nitrogens is 2. The average molecular weight is 287 g/mol. The van der Waals surface area contributed by atoms with Gasteiger partial charge in [0.1, 0.15) is 11.4 Å². The summed E-state index contributed by atoms with van der Waals surface area (Å²) in [7, 11) is 2.42. The third kappa shape index (κ3) is 2.36. The zero-order valence-electron chi connectivity index (χ0n) is 10.7. The third-order valence-electron chi connectivity index (χ3n) is 2.76. The number of nitrogens with two attached hydrogens (primary N) is 1. The Balaban J connectivity index is 2.71. The first-order chi connectivity index (χ1) is 9.38. The number of nitrogen functional groups attached to an aromatic ring is 1. The van der Waals surface area contributed by atoms with E-state index in [-0.39, 0.29) is 22.9 Å². The fourth-order valence-electron chi connectivity index (χ4n) is 1.86. The highest BCUT2D eigenvalue weighted by atomic mass is 19.4. The van der Waals surface area contributed by atoms with Crippen molar-refractivity contribution >= 4 is 5.82 Å². The summed E-state index contributed by atoms with van der Waals surface area (Å²) in [4.78, 5) is 0. The van der Waals surface area contributed by atoms with Crippen LogP contribution in [0.1, 0.15) is 5.56 Å². The summed E-state index contributed by atoms with van der Waals surface area (Å²) < 4.78 is 49.0. The minimum atomic E-state index is -4.58. The predicted octanol–water partition coefficient (Wildman–Crippen LogP) is 2.69. The van der Waals surface area contributed by atoms with Gasteiger partial charge in [0, 0.05) is 5.56 Å². The van der Waals surface area contributed by atoms with E-state index in [2.05, 4.69) is 10.2 Å². The second-order valence-electron chi connectivity index (χ2n) is 3.95. The molecule has 0 fully saturated rings. The van der Waals surface area contributed by atoms with Crippen molar-refractivity contribution in [1.29, 1.82) is 0 Å². The number of halogens is 3. The van der Waals surface area contributed by atoms with Gasteiger partial charge in [-0.05, 0) is 17.7 Å². The molecule has 0 bridgehead atoms. The molecular weight excluding hydrogens is 275 g/mol. The van der Waals surface area contributed by atoms with Gasteiger partial charge in [-0.3, -0.25) is 5.10 Å². The molecule has 1 heterocycles. The first kappa shape index (κ1) is 14.0. The van der Waals surface area contributed by atoms with Crippen molar-refractivity contribution in [3.63, 3.8) is 0 Å². The number of H-pyrrole nitrogens is 1. The van der Waals surface area contributed by atoms with Gasteiger partial charge >= 0.3 is 6.18 Å². The maximum absolute atomic E-state index is 13.1. The van der Waals surface area contributed by atoms with Crippen LogP contribution in [0.4, 0.5) is 19.0 Å². The molecule has 0 saturated carbocycles. The summed E-state index contributed by atoms with van der Waals surface area (Å²) in [6.07, 6.45) is -3.23. The van der Waals surface area contributed by atoms with Crippen LogP contribution in [0.15, 0.2) is 18.3 Å². The molecule has 0 aliphatic heterocycles. The molecule has 0 aliphatic rings. The fourth-order valence-corrected chi connectivity index (χ4v) is 1.86. The smallest absolute Gasteiger partial charge is 0.420 e. The lowest BCUT2D eigenvalue weighted by atomic mass is 10.0. The maximum Gasteiger partial charge on any atom is 0.420 e. The van der Waals surface area contributed by atoms with Crippen molar-refractivity contribution in [2.75, 3.05) is 20.0 Å². The highest BCUT2D eigenvalue weighted by Crippen LogP contribution is 2.44. The van der Waals surface area contributed by atoms with Crippen LogP contribution in [0, 0.1) is 0 Å². The zero-order chi connectivity index (χ0) is 14.9. The van der Waals surface area contributed by atoms with E-state index in [1.165, 1.54) is 19.4 Å². The summed E-state index contributed by atoms with van der Waals surface area (Å²) in [5.74, 6) is -0.228. The number of hydrogen-bond acceptors (Lipinski definition) is 4. The molecule has 108 valence electrons. The first-order valence-corrected chi connectivity index (χ1v) is 5.51. The Bertz CT molecular complexity index is 623. The molecular formula is C12H12F3N3O2. The van der Waals surface area contributed by atoms with Crippen LogP contribution in [-0.2, 0) is 6.18 Å². The lowest BCUT2D eigenvalue weighted by Crippen LogP contribution is -2.09. The maximum atomic E-state index is 13.1. The predicted molar refractivity (Wildman–Crippen MR) is 66.5 cm³/mol. The summed E-state index contributed by atoms with van der Waals surface area (Å²) in [5.41, 5.74) is 5.28. The molecule has 5 nitrogen and oxygen atoms in total. The molecule has 8 heteroatoms. The van der Waals surface area contributed by atoms with Crippen molar-refractivity contribution < 1.29 is 22.6 Å². The molecule has 0 saturated heterocycles. The van der Waals surface area contributed by atoms with Gasteiger partial charge in [-0.1, -0.05) is 0 Å². The highest BCUT2D eigenvalue weighted by Gasteiger charge is 2.36. The average Bonchev–Trinajstić information content (AvgIpc) is 2.82. The molecule has 20 heavy (non-hydrogen) atoms. The summed E-state index contributed by atoms with van der Waals surface area (Å²) in [6.45, 7) is 0. The van der Waals surface area contributed by atoms with Gasteiger partial charge in [-0.15, -0.1) is 0 Å². The number of nitrogens with zero attached hydrogens (tertiary/aromatic N) is 1. The summed E-state index contributed by atoms with van der Waals surface area (Å²) in [5, 5.41) is 6.15. The molecule has 0 atom stereocenters. The summed E-state index contributed by atoms with van der Waals surface area (Å²) >= 11 is 0. The number of nitrogens with one attached hydrogen (secondary N) is 1. The van der Waals surface area contributed by atoms with Gasteiger partial charge in [-0.25, -0.2) is 0 Å². The number of anilines is 1. The monoisotopic (exact) mass is 287 g/mol. The van der Waals surface area contributed by atoms with E-state index in [1.54, 1.807) is 0 Å². The van der Waals surface area contributed by atoms with E-state index in [4.69, 9.17) is 15.2 Å². The van der Waals surface area contributed by atoms with Crippen LogP contribution in [0.25, 0.3) is 11.1 Å². The number of benzene rings is 1. The SMILES string of the molecule is COc1cc(-c2cn[nH]c2N)cc(C(F)(F)F)c1OC. The molecule has 2 aromatic rings. The van der Waals surface area contributed by atoms with Crippen LogP contribution in [0.3, 0.4) is 0 Å². The van der Waals surface area contributed by atoms with Crippen LogP contribution in [0.2, 0.25) is 0 Å². The van der Waals surface area contributed by atoms with Crippen LogP contribution in [-0.4, -0.2) is 24.4 Å². The van der Waals surface area contributed by atoms with Crippen molar-refractivity contribution in [2.24, 2.45) is 0 Å². The van der Waals surface area contributed by atoms with Crippen LogP contribution in [0.5, 0.6) is 11.5 Å². The van der Waals surface area contributed by atoms with Crippen molar-refractivity contribution in [3.8, 4) is 22.6 Å². The fraction of sp³-hybridized carbons (Fsp3) is 0.250. The lowest BCUT2D eigenvalue weighted by molar-refractivity contribution is -0.138. The molecule has 1 aromatic heterocycles. The molecule has 0 spiro atoms. The third-order valence-corrected chi connectivity index (χ3v) is 2.76. The number of aromatic amines is 1. The van der Waals surface area contributed by atoms with Crippen molar-refractivity contribution in [2.45, 2.75) is 6.18 Å². The minimum Gasteiger partial charge on any atom is -0.493 e. The number of ether oxygens (including phenoxy) is 2. The Hall–Kier alpha value is -2.38. The molecule has 0 amide bonds. The lowest BCUT2D eigenvalue weighted by Gasteiger charge is -2.16. The largest absolute Gasteiger partial charge is 0.493 e. The molecule has 3 N–H and O–H groups in total. The molecule has 0 aliphatic carbocycles.